The first kappa shape index (κ1) is 16.5. The molecule has 2 atom stereocenters. The van der Waals surface area contributed by atoms with Crippen molar-refractivity contribution in [1.29, 1.82) is 0 Å². The van der Waals surface area contributed by atoms with Gasteiger partial charge in [0.25, 0.3) is 0 Å². The molecule has 1 rings (SSSR count). The first-order valence-corrected chi connectivity index (χ1v) is 7.92. The second-order valence-electron chi connectivity index (χ2n) is 5.05. The van der Waals surface area contributed by atoms with Crippen LogP contribution in [0.3, 0.4) is 0 Å². The third-order valence-electron chi connectivity index (χ3n) is 3.66. The van der Waals surface area contributed by atoms with Crippen molar-refractivity contribution in [1.82, 2.24) is 0 Å². The summed E-state index contributed by atoms with van der Waals surface area (Å²) in [7, 11) is 1.66. The highest BCUT2D eigenvalue weighted by Crippen LogP contribution is 2.27. The molecule has 1 N–H and O–H groups in total. The Morgan fingerprint density at radius 1 is 1.32 bits per heavy atom. The van der Waals surface area contributed by atoms with Crippen molar-refractivity contribution >= 4 is 15.9 Å². The lowest BCUT2D eigenvalue weighted by atomic mass is 9.89. The monoisotopic (exact) mass is 328 g/mol. The number of unbranched alkanes of at least 4 members (excludes halogenated alkanes) is 1. The molecule has 0 heterocycles. The predicted molar refractivity (Wildman–Crippen MR) is 83.7 cm³/mol. The van der Waals surface area contributed by atoms with Gasteiger partial charge in [0.15, 0.2) is 0 Å². The van der Waals surface area contributed by atoms with Crippen molar-refractivity contribution < 1.29 is 9.84 Å². The van der Waals surface area contributed by atoms with Crippen LogP contribution in [0.25, 0.3) is 0 Å². The lowest BCUT2D eigenvalue weighted by Crippen LogP contribution is -2.22. The van der Waals surface area contributed by atoms with Crippen molar-refractivity contribution in [2.24, 2.45) is 5.92 Å². The number of methoxy groups -OCH3 is 1. The summed E-state index contributed by atoms with van der Waals surface area (Å²) in [5, 5.41) is 10.4. The Bertz CT molecular complexity index is 379. The van der Waals surface area contributed by atoms with Gasteiger partial charge in [0.05, 0.1) is 17.7 Å². The molecular formula is C16H25BrO2. The molecular weight excluding hydrogens is 304 g/mol. The molecule has 0 amide bonds. The maximum Gasteiger partial charge on any atom is 0.133 e. The first-order valence-electron chi connectivity index (χ1n) is 7.12. The van der Waals surface area contributed by atoms with Crippen molar-refractivity contribution in [3.05, 3.63) is 28.2 Å². The number of rotatable bonds is 8. The molecule has 0 aliphatic rings. The SMILES string of the molecule is CCCCC(CC)C(O)Cc1ccc(OC)c(Br)c1. The molecule has 3 heteroatoms. The summed E-state index contributed by atoms with van der Waals surface area (Å²) in [6.07, 6.45) is 5.00. The van der Waals surface area contributed by atoms with Crippen LogP contribution in [0.4, 0.5) is 0 Å². The standard InChI is InChI=1S/C16H25BrO2/c1-4-6-7-13(5-2)15(18)11-12-8-9-16(19-3)14(17)10-12/h8-10,13,15,18H,4-7,11H2,1-3H3. The summed E-state index contributed by atoms with van der Waals surface area (Å²) >= 11 is 3.49. The molecule has 0 radical (unpaired) electrons. The number of benzene rings is 1. The summed E-state index contributed by atoms with van der Waals surface area (Å²) in [6, 6.07) is 6.01. The van der Waals surface area contributed by atoms with E-state index in [0.717, 1.165) is 28.6 Å². The van der Waals surface area contributed by atoms with E-state index in [1.165, 1.54) is 12.8 Å². The van der Waals surface area contributed by atoms with Gasteiger partial charge in [0, 0.05) is 0 Å². The largest absolute Gasteiger partial charge is 0.496 e. The van der Waals surface area contributed by atoms with Crippen LogP contribution < -0.4 is 4.74 Å². The van der Waals surface area contributed by atoms with E-state index in [1.54, 1.807) is 7.11 Å². The summed E-state index contributed by atoms with van der Waals surface area (Å²) in [6.45, 7) is 4.35. The maximum absolute atomic E-state index is 10.4. The topological polar surface area (TPSA) is 29.5 Å². The predicted octanol–water partition coefficient (Wildman–Crippen LogP) is 4.58. The highest BCUT2D eigenvalue weighted by molar-refractivity contribution is 9.10. The number of aliphatic hydroxyl groups excluding tert-OH is 1. The third kappa shape index (κ3) is 5.15. The Morgan fingerprint density at radius 3 is 2.58 bits per heavy atom. The average Bonchev–Trinajstić information content (AvgIpc) is 2.40. The summed E-state index contributed by atoms with van der Waals surface area (Å²) in [5.41, 5.74) is 1.15. The third-order valence-corrected chi connectivity index (χ3v) is 4.28. The number of aliphatic hydroxyl groups is 1. The quantitative estimate of drug-likeness (QED) is 0.756. The first-order chi connectivity index (χ1) is 9.12. The van der Waals surface area contributed by atoms with Gasteiger partial charge >= 0.3 is 0 Å². The zero-order valence-corrected chi connectivity index (χ0v) is 13.7. The lowest BCUT2D eigenvalue weighted by Gasteiger charge is -2.21. The van der Waals surface area contributed by atoms with E-state index in [2.05, 4.69) is 29.8 Å². The highest BCUT2D eigenvalue weighted by atomic mass is 79.9. The Morgan fingerprint density at radius 2 is 2.05 bits per heavy atom. The molecule has 1 aromatic carbocycles. The van der Waals surface area contributed by atoms with Gasteiger partial charge in [-0.15, -0.1) is 0 Å². The van der Waals surface area contributed by atoms with E-state index in [9.17, 15) is 5.11 Å². The van der Waals surface area contributed by atoms with Gasteiger partial charge in [0.1, 0.15) is 5.75 Å². The smallest absolute Gasteiger partial charge is 0.133 e. The highest BCUT2D eigenvalue weighted by Gasteiger charge is 2.17. The number of hydrogen-bond donors (Lipinski definition) is 1. The van der Waals surface area contributed by atoms with Gasteiger partial charge in [-0.3, -0.25) is 0 Å². The van der Waals surface area contributed by atoms with Gasteiger partial charge in [-0.2, -0.15) is 0 Å². The fraction of sp³-hybridized carbons (Fsp3) is 0.625. The van der Waals surface area contributed by atoms with E-state index < -0.39 is 0 Å². The van der Waals surface area contributed by atoms with Gasteiger partial charge in [0.2, 0.25) is 0 Å². The van der Waals surface area contributed by atoms with Gasteiger partial charge < -0.3 is 9.84 Å². The van der Waals surface area contributed by atoms with Crippen molar-refractivity contribution in [3.63, 3.8) is 0 Å². The van der Waals surface area contributed by atoms with Crippen LogP contribution in [-0.2, 0) is 6.42 Å². The molecule has 1 aromatic rings. The van der Waals surface area contributed by atoms with Crippen molar-refractivity contribution in [2.45, 2.75) is 52.1 Å². The van der Waals surface area contributed by atoms with Crippen LogP contribution in [0.15, 0.2) is 22.7 Å². The van der Waals surface area contributed by atoms with Gasteiger partial charge in [-0.05, 0) is 52.4 Å². The van der Waals surface area contributed by atoms with Crippen LogP contribution in [0, 0.1) is 5.92 Å². The van der Waals surface area contributed by atoms with E-state index in [1.807, 2.05) is 18.2 Å². The normalized spacial score (nSPS) is 14.2. The fourth-order valence-electron chi connectivity index (χ4n) is 2.38. The summed E-state index contributed by atoms with van der Waals surface area (Å²) in [5.74, 6) is 1.23. The van der Waals surface area contributed by atoms with Crippen LogP contribution in [-0.4, -0.2) is 18.3 Å². The fourth-order valence-corrected chi connectivity index (χ4v) is 2.97. The molecule has 0 saturated heterocycles. The minimum atomic E-state index is -0.253. The van der Waals surface area contributed by atoms with E-state index >= 15 is 0 Å². The zero-order valence-electron chi connectivity index (χ0n) is 12.2. The zero-order chi connectivity index (χ0) is 14.3. The molecule has 108 valence electrons. The van der Waals surface area contributed by atoms with E-state index in [0.29, 0.717) is 12.3 Å². The molecule has 0 aliphatic heterocycles. The number of ether oxygens (including phenoxy) is 1. The molecule has 2 unspecified atom stereocenters. The Balaban J connectivity index is 2.64. The molecule has 0 spiro atoms. The molecule has 0 aliphatic carbocycles. The van der Waals surface area contributed by atoms with Crippen molar-refractivity contribution in [2.75, 3.05) is 7.11 Å². The molecule has 2 nitrogen and oxygen atoms in total. The Labute approximate surface area is 125 Å². The van der Waals surface area contributed by atoms with Crippen LogP contribution in [0.5, 0.6) is 5.75 Å². The Hall–Kier alpha value is -0.540. The van der Waals surface area contributed by atoms with Gasteiger partial charge in [-0.1, -0.05) is 39.2 Å². The minimum Gasteiger partial charge on any atom is -0.496 e. The molecule has 19 heavy (non-hydrogen) atoms. The molecule has 0 fully saturated rings. The average molecular weight is 329 g/mol. The Kier molecular flexibility index (Phi) is 7.47. The van der Waals surface area contributed by atoms with Crippen LogP contribution in [0.1, 0.15) is 45.1 Å². The summed E-state index contributed by atoms with van der Waals surface area (Å²) in [4.78, 5) is 0. The second kappa shape index (κ2) is 8.60. The molecule has 0 aromatic heterocycles. The van der Waals surface area contributed by atoms with Gasteiger partial charge in [-0.25, -0.2) is 0 Å². The lowest BCUT2D eigenvalue weighted by molar-refractivity contribution is 0.0987. The van der Waals surface area contributed by atoms with Crippen LogP contribution >= 0.6 is 15.9 Å². The minimum absolute atomic E-state index is 0.253. The number of halogens is 1. The molecule has 0 saturated carbocycles. The molecule has 0 bridgehead atoms. The number of hydrogen-bond acceptors (Lipinski definition) is 2. The second-order valence-corrected chi connectivity index (χ2v) is 5.91. The maximum atomic E-state index is 10.4. The summed E-state index contributed by atoms with van der Waals surface area (Å²) < 4.78 is 6.16. The van der Waals surface area contributed by atoms with Crippen molar-refractivity contribution in [3.8, 4) is 5.75 Å². The van der Waals surface area contributed by atoms with E-state index in [-0.39, 0.29) is 6.10 Å². The van der Waals surface area contributed by atoms with Crippen LogP contribution in [0.2, 0.25) is 0 Å². The van der Waals surface area contributed by atoms with E-state index in [4.69, 9.17) is 4.74 Å².